The Kier molecular flexibility index (Phi) is 3.03. The number of rotatable bonds is 2. The van der Waals surface area contributed by atoms with Crippen molar-refractivity contribution in [2.75, 3.05) is 5.73 Å². The van der Waals surface area contributed by atoms with Crippen LogP contribution < -0.4 is 11.3 Å². The Bertz CT molecular complexity index is 635. The molecule has 2 N–H and O–H groups in total. The Morgan fingerprint density at radius 3 is 2.33 bits per heavy atom. The van der Waals surface area contributed by atoms with Gasteiger partial charge in [0.2, 0.25) is 0 Å². The number of benzene rings is 1. The van der Waals surface area contributed by atoms with Gasteiger partial charge in [-0.05, 0) is 39.3 Å². The molecule has 0 spiro atoms. The normalized spacial score (nSPS) is 11.2. The summed E-state index contributed by atoms with van der Waals surface area (Å²) in [7, 11) is 0. The minimum Gasteiger partial charge on any atom is -0.393 e. The van der Waals surface area contributed by atoms with Gasteiger partial charge in [-0.1, -0.05) is 18.2 Å². The van der Waals surface area contributed by atoms with E-state index in [0.717, 1.165) is 16.9 Å². The first kappa shape index (κ1) is 12.5. The van der Waals surface area contributed by atoms with Gasteiger partial charge in [0.15, 0.2) is 0 Å². The van der Waals surface area contributed by atoms with E-state index in [9.17, 15) is 4.79 Å². The van der Waals surface area contributed by atoms with Gasteiger partial charge in [0, 0.05) is 6.04 Å². The third-order valence-corrected chi connectivity index (χ3v) is 3.20. The average molecular weight is 245 g/mol. The molecule has 0 aliphatic carbocycles. The van der Waals surface area contributed by atoms with E-state index >= 15 is 0 Å². The summed E-state index contributed by atoms with van der Waals surface area (Å²) in [6.07, 6.45) is 0. The first-order valence-corrected chi connectivity index (χ1v) is 6.10. The van der Waals surface area contributed by atoms with Crippen molar-refractivity contribution in [1.29, 1.82) is 0 Å². The molecule has 0 radical (unpaired) electrons. The second kappa shape index (κ2) is 4.37. The molecule has 0 bridgehead atoms. The van der Waals surface area contributed by atoms with Crippen LogP contribution in [0, 0.1) is 13.8 Å². The maximum atomic E-state index is 12.3. The number of para-hydroxylation sites is 1. The Morgan fingerprint density at radius 2 is 1.78 bits per heavy atom. The Labute approximate surface area is 107 Å². The van der Waals surface area contributed by atoms with Gasteiger partial charge in [0.1, 0.15) is 5.69 Å². The second-order valence-electron chi connectivity index (χ2n) is 4.84. The first-order chi connectivity index (χ1) is 8.45. The molecule has 0 unspecified atom stereocenters. The van der Waals surface area contributed by atoms with E-state index in [1.807, 2.05) is 56.6 Å². The predicted molar refractivity (Wildman–Crippen MR) is 74.3 cm³/mol. The Balaban J connectivity index is 2.84. The zero-order chi connectivity index (χ0) is 13.4. The van der Waals surface area contributed by atoms with E-state index in [1.54, 1.807) is 4.68 Å². The summed E-state index contributed by atoms with van der Waals surface area (Å²) in [4.78, 5) is 12.3. The van der Waals surface area contributed by atoms with Gasteiger partial charge in [-0.2, -0.15) is 0 Å². The number of hydrogen-bond acceptors (Lipinski definition) is 2. The highest BCUT2D eigenvalue weighted by Gasteiger charge is 2.18. The summed E-state index contributed by atoms with van der Waals surface area (Å²) in [6, 6.07) is 8.00. The minimum absolute atomic E-state index is 0.143. The number of hydrogen-bond donors (Lipinski definition) is 1. The highest BCUT2D eigenvalue weighted by atomic mass is 16.1. The number of aryl methyl sites for hydroxylation is 1. The molecule has 1 aromatic heterocycles. The lowest BCUT2D eigenvalue weighted by atomic mass is 10.2. The molecule has 18 heavy (non-hydrogen) atoms. The van der Waals surface area contributed by atoms with E-state index in [4.69, 9.17) is 5.73 Å². The molecule has 0 atom stereocenters. The summed E-state index contributed by atoms with van der Waals surface area (Å²) in [6.45, 7) is 7.96. The molecule has 0 aliphatic heterocycles. The standard InChI is InChI=1S/C14H19N3O/c1-9(2)16-11(4)13(15)14(18)17(16)12-8-6-5-7-10(12)3/h5-9H,15H2,1-4H3. The molecule has 4 nitrogen and oxygen atoms in total. The third-order valence-electron chi connectivity index (χ3n) is 3.20. The van der Waals surface area contributed by atoms with Crippen molar-refractivity contribution in [1.82, 2.24) is 9.36 Å². The lowest BCUT2D eigenvalue weighted by Gasteiger charge is -2.18. The number of nitrogens with two attached hydrogens (primary N) is 1. The molecule has 0 aliphatic rings. The predicted octanol–water partition coefficient (Wildman–Crippen LogP) is 2.42. The van der Waals surface area contributed by atoms with E-state index in [2.05, 4.69) is 0 Å². The van der Waals surface area contributed by atoms with Gasteiger partial charge in [-0.15, -0.1) is 0 Å². The lowest BCUT2D eigenvalue weighted by molar-refractivity contribution is 0.466. The van der Waals surface area contributed by atoms with Crippen LogP contribution in [-0.4, -0.2) is 9.36 Å². The molecule has 1 heterocycles. The quantitative estimate of drug-likeness (QED) is 0.883. The Hall–Kier alpha value is -1.97. The fraction of sp³-hybridized carbons (Fsp3) is 0.357. The molecular weight excluding hydrogens is 226 g/mol. The summed E-state index contributed by atoms with van der Waals surface area (Å²) in [5.74, 6) is 0. The SMILES string of the molecule is Cc1ccccc1-n1c(=O)c(N)c(C)n1C(C)C. The highest BCUT2D eigenvalue weighted by Crippen LogP contribution is 2.19. The molecule has 96 valence electrons. The van der Waals surface area contributed by atoms with Crippen molar-refractivity contribution in [3.8, 4) is 5.69 Å². The fourth-order valence-electron chi connectivity index (χ4n) is 2.28. The van der Waals surface area contributed by atoms with Gasteiger partial charge in [0.05, 0.1) is 11.4 Å². The monoisotopic (exact) mass is 245 g/mol. The zero-order valence-electron chi connectivity index (χ0n) is 11.3. The van der Waals surface area contributed by atoms with E-state index < -0.39 is 0 Å². The third kappa shape index (κ3) is 1.74. The van der Waals surface area contributed by atoms with Crippen molar-refractivity contribution < 1.29 is 0 Å². The topological polar surface area (TPSA) is 52.9 Å². The van der Waals surface area contributed by atoms with Crippen molar-refractivity contribution >= 4 is 5.69 Å². The number of nitrogen functional groups attached to an aromatic ring is 1. The smallest absolute Gasteiger partial charge is 0.294 e. The maximum absolute atomic E-state index is 12.3. The summed E-state index contributed by atoms with van der Waals surface area (Å²) >= 11 is 0. The van der Waals surface area contributed by atoms with Crippen molar-refractivity contribution in [3.63, 3.8) is 0 Å². The van der Waals surface area contributed by atoms with Gasteiger partial charge in [-0.25, -0.2) is 4.68 Å². The van der Waals surface area contributed by atoms with Crippen LogP contribution in [0.1, 0.15) is 31.1 Å². The van der Waals surface area contributed by atoms with Crippen molar-refractivity contribution in [2.45, 2.75) is 33.7 Å². The molecule has 0 fully saturated rings. The summed E-state index contributed by atoms with van der Waals surface area (Å²) < 4.78 is 3.62. The second-order valence-corrected chi connectivity index (χ2v) is 4.84. The van der Waals surface area contributed by atoms with Crippen LogP contribution in [0.3, 0.4) is 0 Å². The summed E-state index contributed by atoms with van der Waals surface area (Å²) in [5, 5.41) is 0. The van der Waals surface area contributed by atoms with Crippen LogP contribution in [0.25, 0.3) is 5.69 Å². The van der Waals surface area contributed by atoms with Crippen LogP contribution in [0.2, 0.25) is 0 Å². The maximum Gasteiger partial charge on any atom is 0.294 e. The number of nitrogens with zero attached hydrogens (tertiary/aromatic N) is 2. The van der Waals surface area contributed by atoms with E-state index in [1.165, 1.54) is 0 Å². The summed E-state index contributed by atoms with van der Waals surface area (Å²) in [5.41, 5.74) is 8.82. The zero-order valence-corrected chi connectivity index (χ0v) is 11.3. The Morgan fingerprint density at radius 1 is 1.17 bits per heavy atom. The van der Waals surface area contributed by atoms with Crippen molar-refractivity contribution in [2.24, 2.45) is 0 Å². The molecule has 2 rings (SSSR count). The van der Waals surface area contributed by atoms with Crippen LogP contribution in [0.15, 0.2) is 29.1 Å². The van der Waals surface area contributed by atoms with Gasteiger partial charge in [0.25, 0.3) is 5.56 Å². The van der Waals surface area contributed by atoms with Gasteiger partial charge in [-0.3, -0.25) is 9.48 Å². The highest BCUT2D eigenvalue weighted by molar-refractivity contribution is 5.47. The number of anilines is 1. The van der Waals surface area contributed by atoms with E-state index in [-0.39, 0.29) is 11.6 Å². The fourth-order valence-corrected chi connectivity index (χ4v) is 2.28. The van der Waals surface area contributed by atoms with Gasteiger partial charge < -0.3 is 5.73 Å². The minimum atomic E-state index is -0.143. The van der Waals surface area contributed by atoms with Crippen LogP contribution in [0.5, 0.6) is 0 Å². The molecule has 0 amide bonds. The van der Waals surface area contributed by atoms with E-state index in [0.29, 0.717) is 5.69 Å². The average Bonchev–Trinajstić information content (AvgIpc) is 2.54. The number of aromatic nitrogens is 2. The molecule has 2 aromatic rings. The van der Waals surface area contributed by atoms with Crippen LogP contribution >= 0.6 is 0 Å². The lowest BCUT2D eigenvalue weighted by Crippen LogP contribution is -2.24. The molecular formula is C14H19N3O. The molecule has 4 heteroatoms. The van der Waals surface area contributed by atoms with Gasteiger partial charge >= 0.3 is 0 Å². The van der Waals surface area contributed by atoms with Crippen molar-refractivity contribution in [3.05, 3.63) is 45.9 Å². The van der Waals surface area contributed by atoms with Crippen LogP contribution in [0.4, 0.5) is 5.69 Å². The molecule has 0 saturated carbocycles. The van der Waals surface area contributed by atoms with Crippen LogP contribution in [-0.2, 0) is 0 Å². The molecule has 1 aromatic carbocycles. The molecule has 0 saturated heterocycles. The first-order valence-electron chi connectivity index (χ1n) is 6.10. The largest absolute Gasteiger partial charge is 0.393 e.